The number of carbonyl (C=O) groups is 1. The van der Waals surface area contributed by atoms with Crippen molar-refractivity contribution in [3.05, 3.63) is 60.2 Å². The third-order valence-electron chi connectivity index (χ3n) is 7.79. The number of carbonyl (C=O) groups excluding carboxylic acids is 1. The van der Waals surface area contributed by atoms with Crippen LogP contribution in [0.5, 0.6) is 5.75 Å². The highest BCUT2D eigenvalue weighted by Crippen LogP contribution is 2.39. The Balaban J connectivity index is 1.42. The van der Waals surface area contributed by atoms with E-state index in [0.717, 1.165) is 29.2 Å². The van der Waals surface area contributed by atoms with Gasteiger partial charge in [0.25, 0.3) is 0 Å². The number of aliphatic hydroxyl groups is 1. The van der Waals surface area contributed by atoms with Crippen molar-refractivity contribution in [2.45, 2.75) is 70.0 Å². The number of hydrogen-bond donors (Lipinski definition) is 2. The number of methoxy groups -OCH3 is 1. The van der Waals surface area contributed by atoms with E-state index in [1.807, 2.05) is 61.5 Å². The van der Waals surface area contributed by atoms with Gasteiger partial charge in [-0.3, -0.25) is 0 Å². The average molecular weight is 587 g/mol. The van der Waals surface area contributed by atoms with Gasteiger partial charge in [0, 0.05) is 29.8 Å². The minimum atomic E-state index is -0.825. The van der Waals surface area contributed by atoms with E-state index in [-0.39, 0.29) is 24.2 Å². The van der Waals surface area contributed by atoms with E-state index in [1.165, 1.54) is 0 Å². The quantitative estimate of drug-likeness (QED) is 0.302. The first-order valence-corrected chi connectivity index (χ1v) is 15.5. The lowest BCUT2D eigenvalue weighted by Crippen LogP contribution is -2.50. The molecule has 2 aromatic rings. The average Bonchev–Trinajstić information content (AvgIpc) is 3.36. The summed E-state index contributed by atoms with van der Waals surface area (Å²) in [6.45, 7) is 10.8. The van der Waals surface area contributed by atoms with Crippen LogP contribution in [0.15, 0.2) is 59.5 Å². The molecule has 4 rings (SSSR count). The predicted octanol–water partition coefficient (Wildman–Crippen LogP) is 5.39. The van der Waals surface area contributed by atoms with Gasteiger partial charge in [0.15, 0.2) is 6.29 Å². The standard InChI is InChI=1S/C32H46N2O6S/c1-21(2)17-34(41-26-13-11-25(37-5)12-14-26)18-30(35)29(16-24-9-7-6-8-10-24)33-32(36)40-23(4)28-20-39-31-27(28)15-22(3)19-38-31/h6-14,21-23,27-31,35H,15-20H2,1-5H3,(H,33,36). The zero-order valence-electron chi connectivity index (χ0n) is 24.9. The number of benzene rings is 2. The minimum absolute atomic E-state index is 0.0772. The van der Waals surface area contributed by atoms with E-state index < -0.39 is 18.2 Å². The summed E-state index contributed by atoms with van der Waals surface area (Å²) in [6, 6.07) is 17.3. The van der Waals surface area contributed by atoms with E-state index in [4.69, 9.17) is 18.9 Å². The van der Waals surface area contributed by atoms with E-state index in [1.54, 1.807) is 19.1 Å². The molecule has 8 nitrogen and oxygen atoms in total. The summed E-state index contributed by atoms with van der Waals surface area (Å²) >= 11 is 1.59. The smallest absolute Gasteiger partial charge is 0.407 e. The molecule has 0 bridgehead atoms. The first-order valence-electron chi connectivity index (χ1n) is 14.7. The maximum absolute atomic E-state index is 13.2. The second-order valence-electron chi connectivity index (χ2n) is 11.8. The van der Waals surface area contributed by atoms with Crippen LogP contribution >= 0.6 is 11.9 Å². The van der Waals surface area contributed by atoms with Gasteiger partial charge in [0.2, 0.25) is 0 Å². The van der Waals surface area contributed by atoms with Gasteiger partial charge in [-0.05, 0) is 73.4 Å². The molecule has 2 aliphatic heterocycles. The number of ether oxygens (including phenoxy) is 4. The maximum atomic E-state index is 13.2. The van der Waals surface area contributed by atoms with Gasteiger partial charge < -0.3 is 29.4 Å². The third-order valence-corrected chi connectivity index (χ3v) is 8.83. The van der Waals surface area contributed by atoms with Crippen LogP contribution in [-0.4, -0.2) is 73.5 Å². The van der Waals surface area contributed by atoms with Crippen LogP contribution in [0.1, 0.15) is 39.7 Å². The second kappa shape index (κ2) is 15.3. The molecule has 0 saturated carbocycles. The lowest BCUT2D eigenvalue weighted by atomic mass is 9.82. The van der Waals surface area contributed by atoms with Crippen molar-refractivity contribution in [1.82, 2.24) is 9.62 Å². The molecule has 226 valence electrons. The largest absolute Gasteiger partial charge is 0.497 e. The molecule has 7 unspecified atom stereocenters. The van der Waals surface area contributed by atoms with E-state index in [2.05, 4.69) is 30.4 Å². The highest BCUT2D eigenvalue weighted by molar-refractivity contribution is 7.97. The van der Waals surface area contributed by atoms with Crippen molar-refractivity contribution in [2.75, 3.05) is 33.4 Å². The number of nitrogens with zero attached hydrogens (tertiary/aromatic N) is 1. The summed E-state index contributed by atoms with van der Waals surface area (Å²) in [5.41, 5.74) is 1.03. The maximum Gasteiger partial charge on any atom is 0.407 e. The zero-order chi connectivity index (χ0) is 29.4. The zero-order valence-corrected chi connectivity index (χ0v) is 25.7. The van der Waals surface area contributed by atoms with Crippen LogP contribution in [0.25, 0.3) is 0 Å². The first kappa shape index (κ1) is 31.6. The Kier molecular flexibility index (Phi) is 11.8. The molecular formula is C32H46N2O6S. The molecule has 0 aliphatic carbocycles. The summed E-state index contributed by atoms with van der Waals surface area (Å²) in [5.74, 6) is 1.94. The van der Waals surface area contributed by atoms with Gasteiger partial charge in [-0.2, -0.15) is 0 Å². The van der Waals surface area contributed by atoms with E-state index in [0.29, 0.717) is 38.0 Å². The Hall–Kier alpha value is -2.30. The molecule has 7 atom stereocenters. The molecule has 2 aromatic carbocycles. The fourth-order valence-electron chi connectivity index (χ4n) is 5.66. The molecule has 1 amide bonds. The fourth-order valence-corrected chi connectivity index (χ4v) is 6.81. The van der Waals surface area contributed by atoms with Crippen LogP contribution in [0.4, 0.5) is 4.79 Å². The van der Waals surface area contributed by atoms with Gasteiger partial charge in [-0.1, -0.05) is 51.1 Å². The number of aliphatic hydroxyl groups excluding tert-OH is 1. The minimum Gasteiger partial charge on any atom is -0.497 e. The SMILES string of the molecule is COc1ccc(SN(CC(C)C)CC(O)C(Cc2ccccc2)NC(=O)OC(C)C2COC3OCC(C)CC32)cc1. The van der Waals surface area contributed by atoms with Crippen LogP contribution in [0.3, 0.4) is 0 Å². The van der Waals surface area contributed by atoms with Crippen molar-refractivity contribution in [3.8, 4) is 5.75 Å². The molecule has 0 radical (unpaired) electrons. The second-order valence-corrected chi connectivity index (χ2v) is 13.0. The first-order chi connectivity index (χ1) is 19.7. The topological polar surface area (TPSA) is 89.5 Å². The highest BCUT2D eigenvalue weighted by Gasteiger charge is 2.45. The Bertz CT molecular complexity index is 1070. The molecule has 0 aromatic heterocycles. The Morgan fingerprint density at radius 2 is 1.78 bits per heavy atom. The van der Waals surface area contributed by atoms with Crippen molar-refractivity contribution >= 4 is 18.0 Å². The summed E-state index contributed by atoms with van der Waals surface area (Å²) in [6.07, 6.45) is -0.420. The van der Waals surface area contributed by atoms with Gasteiger partial charge in [-0.25, -0.2) is 9.10 Å². The summed E-state index contributed by atoms with van der Waals surface area (Å²) in [4.78, 5) is 14.3. The van der Waals surface area contributed by atoms with Crippen LogP contribution in [0, 0.1) is 23.7 Å². The Morgan fingerprint density at radius 3 is 2.46 bits per heavy atom. The van der Waals surface area contributed by atoms with Crippen LogP contribution < -0.4 is 10.1 Å². The number of alkyl carbamates (subject to hydrolysis) is 1. The Morgan fingerprint density at radius 1 is 1.07 bits per heavy atom. The fraction of sp³-hybridized carbons (Fsp3) is 0.594. The summed E-state index contributed by atoms with van der Waals surface area (Å²) < 4.78 is 25.1. The van der Waals surface area contributed by atoms with Gasteiger partial charge in [0.1, 0.15) is 11.9 Å². The number of rotatable bonds is 13. The molecule has 9 heteroatoms. The highest BCUT2D eigenvalue weighted by atomic mass is 32.2. The molecule has 2 fully saturated rings. The van der Waals surface area contributed by atoms with Crippen molar-refractivity contribution in [2.24, 2.45) is 23.7 Å². The molecule has 2 saturated heterocycles. The summed E-state index contributed by atoms with van der Waals surface area (Å²) in [5, 5.41) is 14.5. The van der Waals surface area contributed by atoms with Crippen molar-refractivity contribution in [1.29, 1.82) is 0 Å². The lowest BCUT2D eigenvalue weighted by molar-refractivity contribution is -0.165. The van der Waals surface area contributed by atoms with Crippen LogP contribution in [-0.2, 0) is 20.6 Å². The number of hydrogen-bond acceptors (Lipinski definition) is 8. The van der Waals surface area contributed by atoms with E-state index >= 15 is 0 Å². The molecular weight excluding hydrogens is 540 g/mol. The molecule has 41 heavy (non-hydrogen) atoms. The normalized spacial score (nSPS) is 24.5. The van der Waals surface area contributed by atoms with Gasteiger partial charge >= 0.3 is 6.09 Å². The predicted molar refractivity (Wildman–Crippen MR) is 161 cm³/mol. The molecule has 2 aliphatic rings. The number of fused-ring (bicyclic) bond motifs is 1. The summed E-state index contributed by atoms with van der Waals surface area (Å²) in [7, 11) is 1.65. The Labute approximate surface area is 249 Å². The molecule has 2 N–H and O–H groups in total. The van der Waals surface area contributed by atoms with Gasteiger partial charge in [0.05, 0.1) is 32.5 Å². The number of amides is 1. The van der Waals surface area contributed by atoms with Crippen molar-refractivity contribution in [3.63, 3.8) is 0 Å². The lowest BCUT2D eigenvalue weighted by Gasteiger charge is -2.33. The monoisotopic (exact) mass is 586 g/mol. The molecule has 0 spiro atoms. The van der Waals surface area contributed by atoms with E-state index in [9.17, 15) is 9.90 Å². The molecule has 2 heterocycles. The van der Waals surface area contributed by atoms with Gasteiger partial charge in [-0.15, -0.1) is 0 Å². The number of nitrogens with one attached hydrogen (secondary N) is 1. The third kappa shape index (κ3) is 9.35. The van der Waals surface area contributed by atoms with Crippen LogP contribution in [0.2, 0.25) is 0 Å². The van der Waals surface area contributed by atoms with Crippen molar-refractivity contribution < 1.29 is 28.8 Å².